The summed E-state index contributed by atoms with van der Waals surface area (Å²) in [4.78, 5) is 23.3. The Morgan fingerprint density at radius 3 is 2.72 bits per heavy atom. The second-order valence-electron chi connectivity index (χ2n) is 7.90. The highest BCUT2D eigenvalue weighted by Gasteiger charge is 2.19. The molecule has 0 unspecified atom stereocenters. The number of hydrogen-bond acceptors (Lipinski definition) is 4. The molecular weight excluding hydrogens is 378 g/mol. The number of unbranched alkanes of at least 4 members (excludes halogenated alkanes) is 3. The van der Waals surface area contributed by atoms with Crippen LogP contribution in [0.15, 0.2) is 40.3 Å². The highest BCUT2D eigenvalue weighted by atomic mass is 32.2. The first-order valence-electron chi connectivity index (χ1n) is 10.8. The van der Waals surface area contributed by atoms with Gasteiger partial charge in [0.25, 0.3) is 5.56 Å². The molecule has 5 heteroatoms. The van der Waals surface area contributed by atoms with Crippen molar-refractivity contribution in [1.82, 2.24) is 14.5 Å². The third-order valence-corrected chi connectivity index (χ3v) is 6.72. The molecule has 0 bridgehead atoms. The lowest BCUT2D eigenvalue weighted by atomic mass is 9.95. The van der Waals surface area contributed by atoms with Gasteiger partial charge in [-0.1, -0.05) is 56.1 Å². The Kier molecular flexibility index (Phi) is 6.34. The molecule has 0 amide bonds. The van der Waals surface area contributed by atoms with E-state index in [1.54, 1.807) is 16.3 Å². The predicted octanol–water partition coefficient (Wildman–Crippen LogP) is 5.64. The number of aryl methyl sites for hydroxylation is 3. The van der Waals surface area contributed by atoms with Gasteiger partial charge in [-0.05, 0) is 62.3 Å². The molecule has 1 aliphatic rings. The number of fused-ring (bicyclic) bond motifs is 2. The molecular formula is C24H29N3OS. The average molecular weight is 408 g/mol. The lowest BCUT2D eigenvalue weighted by Crippen LogP contribution is -2.24. The summed E-state index contributed by atoms with van der Waals surface area (Å²) in [5.41, 5.74) is 4.95. The second kappa shape index (κ2) is 9.12. The number of para-hydroxylation sites is 1. The second-order valence-corrected chi connectivity index (χ2v) is 8.97. The van der Waals surface area contributed by atoms with Crippen LogP contribution in [0.4, 0.5) is 0 Å². The standard InChI is InChI=1S/C24H29N3OS/c1-3-4-5-10-15-29-24-26-22-19(16-18-12-7-8-13-20(18)25-22)23(28)27(24)21-14-9-6-11-17(21)2/h6,9,11,14,16H,3-5,7-8,10,12-13,15H2,1-2H3. The van der Waals surface area contributed by atoms with E-state index in [2.05, 4.69) is 13.0 Å². The van der Waals surface area contributed by atoms with Crippen molar-refractivity contribution < 1.29 is 0 Å². The normalized spacial score (nSPS) is 13.6. The third kappa shape index (κ3) is 4.25. The Labute approximate surface area is 176 Å². The summed E-state index contributed by atoms with van der Waals surface area (Å²) >= 11 is 1.68. The maximum absolute atomic E-state index is 13.6. The molecule has 0 saturated carbocycles. The van der Waals surface area contributed by atoms with Crippen LogP contribution in [-0.4, -0.2) is 20.3 Å². The molecule has 0 saturated heterocycles. The first-order valence-corrected chi connectivity index (χ1v) is 11.8. The number of nitrogens with zero attached hydrogens (tertiary/aromatic N) is 3. The van der Waals surface area contributed by atoms with Gasteiger partial charge in [0.2, 0.25) is 0 Å². The van der Waals surface area contributed by atoms with Gasteiger partial charge in [0.15, 0.2) is 10.8 Å². The lowest BCUT2D eigenvalue weighted by molar-refractivity contribution is 0.669. The minimum atomic E-state index is 0.00114. The summed E-state index contributed by atoms with van der Waals surface area (Å²) < 4.78 is 1.80. The monoisotopic (exact) mass is 407 g/mol. The lowest BCUT2D eigenvalue weighted by Gasteiger charge is -2.18. The minimum Gasteiger partial charge on any atom is -0.268 e. The Morgan fingerprint density at radius 1 is 1.07 bits per heavy atom. The van der Waals surface area contributed by atoms with E-state index in [4.69, 9.17) is 9.97 Å². The topological polar surface area (TPSA) is 47.8 Å². The quantitative estimate of drug-likeness (QED) is 0.289. The third-order valence-electron chi connectivity index (χ3n) is 5.69. The van der Waals surface area contributed by atoms with Gasteiger partial charge in [-0.25, -0.2) is 9.97 Å². The maximum Gasteiger partial charge on any atom is 0.268 e. The first kappa shape index (κ1) is 20.1. The van der Waals surface area contributed by atoms with E-state index in [0.29, 0.717) is 11.0 Å². The Bertz CT molecular complexity index is 1070. The molecule has 1 aromatic carbocycles. The average Bonchev–Trinajstić information content (AvgIpc) is 2.73. The molecule has 29 heavy (non-hydrogen) atoms. The molecule has 0 aliphatic heterocycles. The van der Waals surface area contributed by atoms with E-state index in [-0.39, 0.29) is 5.56 Å². The number of hydrogen-bond donors (Lipinski definition) is 0. The fourth-order valence-electron chi connectivity index (χ4n) is 4.03. The predicted molar refractivity (Wildman–Crippen MR) is 121 cm³/mol. The van der Waals surface area contributed by atoms with E-state index in [1.807, 2.05) is 31.2 Å². The van der Waals surface area contributed by atoms with Crippen molar-refractivity contribution in [2.45, 2.75) is 70.4 Å². The van der Waals surface area contributed by atoms with Gasteiger partial charge in [-0.15, -0.1) is 0 Å². The van der Waals surface area contributed by atoms with Crippen molar-refractivity contribution in [1.29, 1.82) is 0 Å². The van der Waals surface area contributed by atoms with Crippen LogP contribution in [0.3, 0.4) is 0 Å². The highest BCUT2D eigenvalue weighted by molar-refractivity contribution is 7.99. The molecule has 0 radical (unpaired) electrons. The first-order chi connectivity index (χ1) is 14.2. The SMILES string of the molecule is CCCCCCSc1nc2nc3c(cc2c(=O)n1-c1ccccc1C)CCCC3. The Hall–Kier alpha value is -2.14. The van der Waals surface area contributed by atoms with E-state index in [1.165, 1.54) is 37.7 Å². The number of pyridine rings is 1. The van der Waals surface area contributed by atoms with Gasteiger partial charge in [0.1, 0.15) is 0 Å². The number of benzene rings is 1. The van der Waals surface area contributed by atoms with Crippen LogP contribution >= 0.6 is 11.8 Å². The van der Waals surface area contributed by atoms with Crippen molar-refractivity contribution in [3.63, 3.8) is 0 Å². The summed E-state index contributed by atoms with van der Waals surface area (Å²) in [6.45, 7) is 4.27. The zero-order valence-electron chi connectivity index (χ0n) is 17.4. The summed E-state index contributed by atoms with van der Waals surface area (Å²) in [6, 6.07) is 10.1. The van der Waals surface area contributed by atoms with Gasteiger partial charge >= 0.3 is 0 Å². The van der Waals surface area contributed by atoms with E-state index < -0.39 is 0 Å². The van der Waals surface area contributed by atoms with Crippen LogP contribution in [0.5, 0.6) is 0 Å². The van der Waals surface area contributed by atoms with Crippen molar-refractivity contribution in [3.8, 4) is 5.69 Å². The molecule has 3 aromatic rings. The molecule has 0 atom stereocenters. The van der Waals surface area contributed by atoms with Gasteiger partial charge in [-0.3, -0.25) is 9.36 Å². The molecule has 152 valence electrons. The van der Waals surface area contributed by atoms with Crippen molar-refractivity contribution in [2.24, 2.45) is 0 Å². The van der Waals surface area contributed by atoms with E-state index in [0.717, 1.165) is 47.1 Å². The van der Waals surface area contributed by atoms with Gasteiger partial charge < -0.3 is 0 Å². The van der Waals surface area contributed by atoms with Crippen LogP contribution in [0.2, 0.25) is 0 Å². The largest absolute Gasteiger partial charge is 0.268 e. The molecule has 0 spiro atoms. The number of rotatable bonds is 7. The number of aromatic nitrogens is 3. The smallest absolute Gasteiger partial charge is 0.268 e. The van der Waals surface area contributed by atoms with Crippen LogP contribution in [0.25, 0.3) is 16.7 Å². The van der Waals surface area contributed by atoms with Gasteiger partial charge in [-0.2, -0.15) is 0 Å². The fraction of sp³-hybridized carbons (Fsp3) is 0.458. The maximum atomic E-state index is 13.6. The molecule has 4 rings (SSSR count). The van der Waals surface area contributed by atoms with Gasteiger partial charge in [0.05, 0.1) is 11.1 Å². The van der Waals surface area contributed by atoms with Crippen molar-refractivity contribution in [2.75, 3.05) is 5.75 Å². The highest BCUT2D eigenvalue weighted by Crippen LogP contribution is 2.26. The minimum absolute atomic E-state index is 0.00114. The molecule has 1 aliphatic carbocycles. The molecule has 0 N–H and O–H groups in total. The Morgan fingerprint density at radius 2 is 1.90 bits per heavy atom. The molecule has 4 nitrogen and oxygen atoms in total. The molecule has 2 heterocycles. The van der Waals surface area contributed by atoms with E-state index >= 15 is 0 Å². The summed E-state index contributed by atoms with van der Waals surface area (Å²) in [5, 5.41) is 1.40. The van der Waals surface area contributed by atoms with E-state index in [9.17, 15) is 4.79 Å². The molecule has 0 fully saturated rings. The summed E-state index contributed by atoms with van der Waals surface area (Å²) in [7, 11) is 0. The van der Waals surface area contributed by atoms with Crippen LogP contribution in [0, 0.1) is 6.92 Å². The van der Waals surface area contributed by atoms with Crippen molar-refractivity contribution in [3.05, 3.63) is 57.5 Å². The zero-order valence-corrected chi connectivity index (χ0v) is 18.2. The van der Waals surface area contributed by atoms with Crippen molar-refractivity contribution >= 4 is 22.8 Å². The molecule has 2 aromatic heterocycles. The van der Waals surface area contributed by atoms with Crippen LogP contribution in [0.1, 0.15) is 62.3 Å². The summed E-state index contributed by atoms with van der Waals surface area (Å²) in [6.07, 6.45) is 9.18. The zero-order chi connectivity index (χ0) is 20.2. The summed E-state index contributed by atoms with van der Waals surface area (Å²) in [5.74, 6) is 0.967. The van der Waals surface area contributed by atoms with Gasteiger partial charge in [0, 0.05) is 11.4 Å². The number of thioether (sulfide) groups is 1. The van der Waals surface area contributed by atoms with Crippen LogP contribution in [-0.2, 0) is 12.8 Å². The fourth-order valence-corrected chi connectivity index (χ4v) is 5.02. The Balaban J connectivity index is 1.82. The van der Waals surface area contributed by atoms with Crippen LogP contribution < -0.4 is 5.56 Å².